The van der Waals surface area contributed by atoms with Crippen molar-refractivity contribution in [3.05, 3.63) is 76.7 Å². The molecule has 1 aromatic carbocycles. The number of alkyl halides is 1. The minimum atomic E-state index is -1.27. The van der Waals surface area contributed by atoms with E-state index in [1.807, 2.05) is 18.2 Å². The van der Waals surface area contributed by atoms with E-state index in [1.54, 1.807) is 24.4 Å². The van der Waals surface area contributed by atoms with Crippen molar-refractivity contribution in [3.63, 3.8) is 0 Å². The molecule has 2 aromatic rings. The van der Waals surface area contributed by atoms with E-state index in [1.165, 1.54) is 31.4 Å². The molecule has 1 fully saturated rings. The number of pyridine rings is 1. The molecule has 6 heteroatoms. The van der Waals surface area contributed by atoms with Gasteiger partial charge in [-0.2, -0.15) is 0 Å². The monoisotopic (exact) mass is 429 g/mol. The number of anilines is 1. The lowest BCUT2D eigenvalue weighted by Crippen LogP contribution is -2.37. The fourth-order valence-corrected chi connectivity index (χ4v) is 4.36. The van der Waals surface area contributed by atoms with Gasteiger partial charge in [-0.05, 0) is 42.2 Å². The Morgan fingerprint density at radius 2 is 1.97 bits per heavy atom. The summed E-state index contributed by atoms with van der Waals surface area (Å²) >= 11 is 6.39. The smallest absolute Gasteiger partial charge is 0.145 e. The molecule has 4 rings (SSSR count). The van der Waals surface area contributed by atoms with Gasteiger partial charge in [0.05, 0.1) is 11.1 Å². The molecule has 1 aromatic heterocycles. The summed E-state index contributed by atoms with van der Waals surface area (Å²) in [6.45, 7) is 0.374. The van der Waals surface area contributed by atoms with Crippen LogP contribution in [0.2, 0.25) is 5.02 Å². The average Bonchev–Trinajstić information content (AvgIpc) is 2.75. The summed E-state index contributed by atoms with van der Waals surface area (Å²) < 4.78 is 28.8. The van der Waals surface area contributed by atoms with Crippen molar-refractivity contribution in [2.24, 2.45) is 0 Å². The molecule has 2 unspecified atom stereocenters. The fourth-order valence-electron chi connectivity index (χ4n) is 4.15. The summed E-state index contributed by atoms with van der Waals surface area (Å²) in [6.07, 6.45) is 11.7. The zero-order valence-electron chi connectivity index (χ0n) is 16.8. The number of nitrogens with one attached hydrogen (secondary N) is 2. The van der Waals surface area contributed by atoms with E-state index < -0.39 is 12.2 Å². The Balaban J connectivity index is 1.46. The molecule has 0 radical (unpaired) electrons. The molecule has 2 aliphatic rings. The Bertz CT molecular complexity index is 938. The van der Waals surface area contributed by atoms with Crippen LogP contribution in [0.25, 0.3) is 5.57 Å². The molecule has 2 aliphatic carbocycles. The third-order valence-electron chi connectivity index (χ3n) is 5.76. The Morgan fingerprint density at radius 3 is 2.77 bits per heavy atom. The van der Waals surface area contributed by atoms with Crippen LogP contribution in [0.3, 0.4) is 0 Å². The molecule has 0 amide bonds. The lowest BCUT2D eigenvalue weighted by Gasteiger charge is -2.26. The largest absolute Gasteiger partial charge is 0.367 e. The Kier molecular flexibility index (Phi) is 6.80. The zero-order chi connectivity index (χ0) is 20.9. The number of hydrogen-bond acceptors (Lipinski definition) is 3. The summed E-state index contributed by atoms with van der Waals surface area (Å²) in [7, 11) is 0. The van der Waals surface area contributed by atoms with Gasteiger partial charge in [-0.3, -0.25) is 0 Å². The predicted molar refractivity (Wildman–Crippen MR) is 119 cm³/mol. The second-order valence-electron chi connectivity index (χ2n) is 7.97. The predicted octanol–water partition coefficient (Wildman–Crippen LogP) is 6.07. The van der Waals surface area contributed by atoms with Gasteiger partial charge >= 0.3 is 0 Å². The van der Waals surface area contributed by atoms with Crippen molar-refractivity contribution in [3.8, 4) is 0 Å². The fraction of sp³-hybridized carbons (Fsp3) is 0.375. The number of halogens is 3. The van der Waals surface area contributed by atoms with E-state index >= 15 is 4.39 Å². The first-order valence-corrected chi connectivity index (χ1v) is 10.9. The highest BCUT2D eigenvalue weighted by Gasteiger charge is 2.27. The van der Waals surface area contributed by atoms with Crippen molar-refractivity contribution < 1.29 is 8.78 Å². The van der Waals surface area contributed by atoms with Gasteiger partial charge in [0.1, 0.15) is 17.8 Å². The Labute approximate surface area is 181 Å². The third kappa shape index (κ3) is 5.08. The first kappa shape index (κ1) is 21.0. The molecular formula is C24H26ClF2N3. The second-order valence-corrected chi connectivity index (χ2v) is 8.38. The number of benzene rings is 1. The summed E-state index contributed by atoms with van der Waals surface area (Å²) in [5.41, 5.74) is 1.94. The van der Waals surface area contributed by atoms with Gasteiger partial charge in [0.15, 0.2) is 0 Å². The van der Waals surface area contributed by atoms with E-state index in [0.29, 0.717) is 28.7 Å². The van der Waals surface area contributed by atoms with E-state index in [2.05, 4.69) is 15.6 Å². The van der Waals surface area contributed by atoms with Gasteiger partial charge < -0.3 is 10.6 Å². The molecule has 1 heterocycles. The standard InChI is InChI=1S/C24H26ClF2N3/c25-21-15-29-23(30-18-8-2-1-3-9-18)13-20(21)19-10-5-11-22(24(19)27)28-14-16-6-4-7-17(26)12-16/h4-7,10-13,15,18,22,24,28H,1-3,8-9,14H2,(H,29,30). The van der Waals surface area contributed by atoms with E-state index in [4.69, 9.17) is 11.6 Å². The van der Waals surface area contributed by atoms with Gasteiger partial charge in [0.25, 0.3) is 0 Å². The van der Waals surface area contributed by atoms with Crippen LogP contribution in [-0.4, -0.2) is 23.2 Å². The van der Waals surface area contributed by atoms with E-state index in [9.17, 15) is 4.39 Å². The molecule has 30 heavy (non-hydrogen) atoms. The maximum atomic E-state index is 15.4. The van der Waals surface area contributed by atoms with Gasteiger partial charge in [0, 0.05) is 24.3 Å². The van der Waals surface area contributed by atoms with Crippen molar-refractivity contribution in [1.82, 2.24) is 10.3 Å². The van der Waals surface area contributed by atoms with Crippen LogP contribution >= 0.6 is 11.6 Å². The number of aromatic nitrogens is 1. The molecule has 0 bridgehead atoms. The quantitative estimate of drug-likeness (QED) is 0.585. The van der Waals surface area contributed by atoms with Crippen LogP contribution in [-0.2, 0) is 6.54 Å². The first-order valence-electron chi connectivity index (χ1n) is 10.5. The normalized spacial score (nSPS) is 22.0. The molecule has 3 nitrogen and oxygen atoms in total. The highest BCUT2D eigenvalue weighted by molar-refractivity contribution is 6.32. The van der Waals surface area contributed by atoms with Gasteiger partial charge in [-0.15, -0.1) is 0 Å². The van der Waals surface area contributed by atoms with Crippen molar-refractivity contribution in [2.75, 3.05) is 5.32 Å². The third-order valence-corrected chi connectivity index (χ3v) is 6.06. The molecular weight excluding hydrogens is 404 g/mol. The minimum absolute atomic E-state index is 0.299. The van der Waals surface area contributed by atoms with E-state index in [-0.39, 0.29) is 5.82 Å². The van der Waals surface area contributed by atoms with Crippen LogP contribution < -0.4 is 10.6 Å². The van der Waals surface area contributed by atoms with Crippen LogP contribution in [0.15, 0.2) is 54.8 Å². The molecule has 0 aliphatic heterocycles. The molecule has 158 valence electrons. The summed E-state index contributed by atoms with van der Waals surface area (Å²) in [4.78, 5) is 4.39. The molecule has 0 saturated heterocycles. The molecule has 2 N–H and O–H groups in total. The lowest BCUT2D eigenvalue weighted by atomic mass is 9.92. The maximum Gasteiger partial charge on any atom is 0.145 e. The summed E-state index contributed by atoms with van der Waals surface area (Å²) in [5.74, 6) is 0.431. The average molecular weight is 430 g/mol. The number of nitrogens with zero attached hydrogens (tertiary/aromatic N) is 1. The van der Waals surface area contributed by atoms with Crippen molar-refractivity contribution in [1.29, 1.82) is 0 Å². The highest BCUT2D eigenvalue weighted by atomic mass is 35.5. The molecule has 2 atom stereocenters. The zero-order valence-corrected chi connectivity index (χ0v) is 17.5. The second kappa shape index (κ2) is 9.71. The Morgan fingerprint density at radius 1 is 1.13 bits per heavy atom. The molecule has 1 saturated carbocycles. The van der Waals surface area contributed by atoms with Gasteiger partial charge in [0.2, 0.25) is 0 Å². The first-order chi connectivity index (χ1) is 14.6. The number of allylic oxidation sites excluding steroid dienone is 2. The van der Waals surface area contributed by atoms with Crippen molar-refractivity contribution >= 4 is 23.0 Å². The highest BCUT2D eigenvalue weighted by Crippen LogP contribution is 2.33. The minimum Gasteiger partial charge on any atom is -0.367 e. The van der Waals surface area contributed by atoms with Crippen LogP contribution in [0.5, 0.6) is 0 Å². The van der Waals surface area contributed by atoms with Crippen molar-refractivity contribution in [2.45, 2.75) is 56.9 Å². The van der Waals surface area contributed by atoms with Gasteiger partial charge in [-0.25, -0.2) is 13.8 Å². The summed E-state index contributed by atoms with van der Waals surface area (Å²) in [6, 6.07) is 8.04. The Hall–Kier alpha value is -2.24. The topological polar surface area (TPSA) is 37.0 Å². The van der Waals surface area contributed by atoms with Crippen LogP contribution in [0.4, 0.5) is 14.6 Å². The van der Waals surface area contributed by atoms with E-state index in [0.717, 1.165) is 24.2 Å². The number of hydrogen-bond donors (Lipinski definition) is 2. The SMILES string of the molecule is Fc1cccc(CNC2C=CC=C(c3cc(NC4CCCCC4)ncc3Cl)C2F)c1. The van der Waals surface area contributed by atoms with Crippen LogP contribution in [0.1, 0.15) is 43.2 Å². The number of rotatable bonds is 6. The maximum absolute atomic E-state index is 15.4. The molecule has 0 spiro atoms. The van der Waals surface area contributed by atoms with Gasteiger partial charge in [-0.1, -0.05) is 61.2 Å². The van der Waals surface area contributed by atoms with Crippen LogP contribution in [0, 0.1) is 5.82 Å². The summed E-state index contributed by atoms with van der Waals surface area (Å²) in [5, 5.41) is 7.08. The lowest BCUT2D eigenvalue weighted by molar-refractivity contribution is 0.341.